The minimum absolute atomic E-state index is 0. The Morgan fingerprint density at radius 3 is 2.33 bits per heavy atom. The Labute approximate surface area is 281 Å². The number of benzene rings is 3. The van der Waals surface area contributed by atoms with Gasteiger partial charge in [0.2, 0.25) is 0 Å². The molecule has 4 nitrogen and oxygen atoms in total. The summed E-state index contributed by atoms with van der Waals surface area (Å²) in [6.45, 7) is 16.7. The molecule has 1 radical (unpaired) electrons. The van der Waals surface area contributed by atoms with Gasteiger partial charge in [0.15, 0.2) is 5.78 Å². The molecule has 0 aliphatic rings. The minimum Gasteiger partial charge on any atom is -0.512 e. The van der Waals surface area contributed by atoms with Crippen molar-refractivity contribution in [3.63, 3.8) is 0 Å². The summed E-state index contributed by atoms with van der Waals surface area (Å²) in [6, 6.07) is 21.5. The Kier molecular flexibility index (Phi) is 10.8. The van der Waals surface area contributed by atoms with Crippen LogP contribution in [-0.2, 0) is 31.3 Å². The normalized spacial score (nSPS) is 12.5. The third-order valence-corrected chi connectivity index (χ3v) is 9.70. The van der Waals surface area contributed by atoms with Gasteiger partial charge in [-0.1, -0.05) is 90.4 Å². The Morgan fingerprint density at radius 2 is 1.69 bits per heavy atom. The maximum absolute atomic E-state index is 12.0. The molecule has 3 aromatic carbocycles. The van der Waals surface area contributed by atoms with Gasteiger partial charge in [-0.05, 0) is 89.0 Å². The average Bonchev–Trinajstić information content (AvgIpc) is 3.34. The second-order valence-electron chi connectivity index (χ2n) is 13.1. The number of allylic oxidation sites excluding steroid dienone is 2. The number of carbonyl (C=O) groups excluding carboxylic acids is 1. The standard InChI is InChI=1S/C26H21N2.C14H26O2.Ir/c1-15(2)10-17-13-18-8-9-27-25-21-12-16(3)11-20-19-6-4-5-7-22(19)28(26(20)21)23(14-17)24(18)25;1-6-11(7-2)12(15)10-13(16)14(5,8-3)9-4;/h4-9,11,13-15H,10H2,1-3H3;10-11,15H,6-9H2,1-5H3;/q-1;;/b;12-10-;. The van der Waals surface area contributed by atoms with E-state index in [1.165, 1.54) is 49.7 Å². The number of aryl methyl sites for hydroxylation is 1. The number of aromatic nitrogens is 2. The van der Waals surface area contributed by atoms with Crippen LogP contribution in [0.4, 0.5) is 0 Å². The summed E-state index contributed by atoms with van der Waals surface area (Å²) in [5, 5.41) is 16.1. The van der Waals surface area contributed by atoms with Crippen molar-refractivity contribution >= 4 is 54.8 Å². The average molecular weight is 780 g/mol. The predicted octanol–water partition coefficient (Wildman–Crippen LogP) is 10.9. The Balaban J connectivity index is 0.000000236. The molecule has 0 fully saturated rings. The number of aliphatic hydroxyl groups excluding tert-OH is 1. The largest absolute Gasteiger partial charge is 0.512 e. The SMILES string of the molecule is CCC(CC)/C(O)=C/C(=O)C(C)(CC)CC.Cc1[c-]c2c3nccc4cc(CC(C)C)cc(c43)n3c4ccccc4c(c1)c23.[Ir]. The van der Waals surface area contributed by atoms with Crippen molar-refractivity contribution in [2.75, 3.05) is 0 Å². The number of aliphatic hydroxyl groups is 1. The van der Waals surface area contributed by atoms with Crippen molar-refractivity contribution in [1.29, 1.82) is 0 Å². The summed E-state index contributed by atoms with van der Waals surface area (Å²) >= 11 is 0. The first kappa shape index (κ1) is 34.6. The van der Waals surface area contributed by atoms with Crippen LogP contribution in [0.25, 0.3) is 49.0 Å². The smallest absolute Gasteiger partial charge is 0.164 e. The molecule has 0 amide bonds. The molecule has 45 heavy (non-hydrogen) atoms. The van der Waals surface area contributed by atoms with Gasteiger partial charge in [0, 0.05) is 54.7 Å². The molecule has 0 spiro atoms. The summed E-state index contributed by atoms with van der Waals surface area (Å²) in [7, 11) is 0. The maximum atomic E-state index is 12.0. The molecule has 0 bridgehead atoms. The topological polar surface area (TPSA) is 54.6 Å². The number of pyridine rings is 2. The fourth-order valence-corrected chi connectivity index (χ4v) is 6.63. The number of para-hydroxylation sites is 1. The van der Waals surface area contributed by atoms with Gasteiger partial charge >= 0.3 is 0 Å². The quantitative estimate of drug-likeness (QED) is 0.0523. The molecule has 6 aromatic rings. The van der Waals surface area contributed by atoms with Gasteiger partial charge in [-0.3, -0.25) is 4.79 Å². The van der Waals surface area contributed by atoms with Crippen molar-refractivity contribution < 1.29 is 30.0 Å². The second kappa shape index (κ2) is 14.0. The van der Waals surface area contributed by atoms with Crippen LogP contribution in [0.2, 0.25) is 0 Å². The predicted molar refractivity (Wildman–Crippen MR) is 187 cm³/mol. The zero-order chi connectivity index (χ0) is 31.8. The molecular weight excluding hydrogens is 733 g/mol. The van der Waals surface area contributed by atoms with E-state index in [4.69, 9.17) is 4.98 Å². The molecule has 0 aliphatic heterocycles. The summed E-state index contributed by atoms with van der Waals surface area (Å²) in [5.74, 6) is 1.06. The van der Waals surface area contributed by atoms with Gasteiger partial charge in [-0.15, -0.1) is 17.7 Å². The molecule has 1 N–H and O–H groups in total. The molecule has 5 heteroatoms. The number of carbonyl (C=O) groups is 1. The zero-order valence-electron chi connectivity index (χ0n) is 28.0. The zero-order valence-corrected chi connectivity index (χ0v) is 30.4. The van der Waals surface area contributed by atoms with E-state index in [9.17, 15) is 9.90 Å². The van der Waals surface area contributed by atoms with Crippen LogP contribution in [0.5, 0.6) is 0 Å². The minimum atomic E-state index is -0.319. The molecule has 3 heterocycles. The molecule has 0 saturated heterocycles. The van der Waals surface area contributed by atoms with Gasteiger partial charge in [0.25, 0.3) is 0 Å². The number of hydrogen-bond donors (Lipinski definition) is 1. The number of fused-ring (bicyclic) bond motifs is 5. The van der Waals surface area contributed by atoms with Gasteiger partial charge in [0.1, 0.15) is 0 Å². The van der Waals surface area contributed by atoms with E-state index < -0.39 is 0 Å². The molecule has 0 atom stereocenters. The first-order valence-corrected chi connectivity index (χ1v) is 16.4. The van der Waals surface area contributed by atoms with E-state index in [1.54, 1.807) is 0 Å². The first-order valence-electron chi connectivity index (χ1n) is 16.4. The van der Waals surface area contributed by atoms with Crippen molar-refractivity contribution in [3.05, 3.63) is 83.8 Å². The summed E-state index contributed by atoms with van der Waals surface area (Å²) in [4.78, 5) is 16.9. The third kappa shape index (κ3) is 6.40. The van der Waals surface area contributed by atoms with Gasteiger partial charge in [-0.25, -0.2) is 0 Å². The van der Waals surface area contributed by atoms with E-state index in [0.717, 1.165) is 48.6 Å². The molecule has 3 aromatic heterocycles. The van der Waals surface area contributed by atoms with E-state index in [-0.39, 0.29) is 43.0 Å². The van der Waals surface area contributed by atoms with Crippen molar-refractivity contribution in [3.8, 4) is 0 Å². The van der Waals surface area contributed by atoms with Crippen LogP contribution < -0.4 is 0 Å². The number of rotatable bonds is 9. The molecule has 0 saturated carbocycles. The third-order valence-electron chi connectivity index (χ3n) is 9.70. The van der Waals surface area contributed by atoms with Crippen molar-refractivity contribution in [1.82, 2.24) is 9.38 Å². The fraction of sp³-hybridized carbons (Fsp3) is 0.400. The molecule has 0 aliphatic carbocycles. The molecule has 6 rings (SSSR count). The van der Waals surface area contributed by atoms with Crippen LogP contribution in [-0.4, -0.2) is 20.3 Å². The van der Waals surface area contributed by atoms with Crippen LogP contribution in [0.3, 0.4) is 0 Å². The number of ketones is 1. The second-order valence-corrected chi connectivity index (χ2v) is 13.1. The maximum Gasteiger partial charge on any atom is 0.164 e. The van der Waals surface area contributed by atoms with Crippen LogP contribution in [0, 0.1) is 30.2 Å². The molecule has 239 valence electrons. The van der Waals surface area contributed by atoms with Crippen molar-refractivity contribution in [2.24, 2.45) is 17.3 Å². The van der Waals surface area contributed by atoms with E-state index in [0.29, 0.717) is 5.92 Å². The Bertz CT molecular complexity index is 1980. The van der Waals surface area contributed by atoms with Gasteiger partial charge in [0.05, 0.1) is 5.76 Å². The van der Waals surface area contributed by atoms with Gasteiger partial charge in [-0.2, -0.15) is 0 Å². The van der Waals surface area contributed by atoms with Gasteiger partial charge < -0.3 is 14.5 Å². The van der Waals surface area contributed by atoms with E-state index in [2.05, 4.69) is 79.8 Å². The first-order chi connectivity index (χ1) is 21.1. The van der Waals surface area contributed by atoms with Crippen LogP contribution in [0.15, 0.2) is 66.6 Å². The number of hydrogen-bond acceptors (Lipinski definition) is 3. The monoisotopic (exact) mass is 780 g/mol. The van der Waals surface area contributed by atoms with E-state index >= 15 is 0 Å². The summed E-state index contributed by atoms with van der Waals surface area (Å²) < 4.78 is 2.44. The Morgan fingerprint density at radius 1 is 1.00 bits per heavy atom. The summed E-state index contributed by atoms with van der Waals surface area (Å²) in [5.41, 5.74) is 7.04. The Hall–Kier alpha value is -3.27. The van der Waals surface area contributed by atoms with Crippen LogP contribution in [0.1, 0.15) is 85.3 Å². The molecular formula is C40H47IrN2O2-. The fourth-order valence-electron chi connectivity index (χ4n) is 6.63. The van der Waals surface area contributed by atoms with Crippen LogP contribution >= 0.6 is 0 Å². The summed E-state index contributed by atoms with van der Waals surface area (Å²) in [6.07, 6.45) is 7.85. The van der Waals surface area contributed by atoms with Crippen molar-refractivity contribution in [2.45, 2.75) is 87.5 Å². The number of nitrogens with zero attached hydrogens (tertiary/aromatic N) is 2. The molecule has 0 unspecified atom stereocenters. The van der Waals surface area contributed by atoms with E-state index in [1.807, 2.05) is 40.8 Å².